The second-order valence-electron chi connectivity index (χ2n) is 2.25. The minimum absolute atomic E-state index is 0.642. The van der Waals surface area contributed by atoms with E-state index in [1.807, 2.05) is 6.07 Å². The van der Waals surface area contributed by atoms with Crippen LogP contribution in [0.3, 0.4) is 0 Å². The van der Waals surface area contributed by atoms with Gasteiger partial charge in [0.15, 0.2) is 0 Å². The number of hydrogen-bond donors (Lipinski definition) is 1. The molecule has 1 heterocycles. The Kier molecular flexibility index (Phi) is 2.26. The minimum Gasteiger partial charge on any atom is -0.463 e. The standard InChI is InChI=1S/C8H11NO/c1-2-3-7-4-8(5-9)10-6-7/h4-6,9H,2-3H2,1H3. The first-order chi connectivity index (χ1) is 4.86. The summed E-state index contributed by atoms with van der Waals surface area (Å²) in [4.78, 5) is 0. The van der Waals surface area contributed by atoms with Gasteiger partial charge in [0.25, 0.3) is 0 Å². The van der Waals surface area contributed by atoms with Crippen LogP contribution in [0.2, 0.25) is 0 Å². The summed E-state index contributed by atoms with van der Waals surface area (Å²) in [5, 5.41) is 6.87. The highest BCUT2D eigenvalue weighted by Gasteiger charge is 1.95. The number of hydrogen-bond acceptors (Lipinski definition) is 2. The van der Waals surface area contributed by atoms with E-state index in [2.05, 4.69) is 6.92 Å². The summed E-state index contributed by atoms with van der Waals surface area (Å²) in [7, 11) is 0. The molecule has 0 amide bonds. The first-order valence-electron chi connectivity index (χ1n) is 3.44. The first kappa shape index (κ1) is 7.06. The van der Waals surface area contributed by atoms with E-state index < -0.39 is 0 Å². The lowest BCUT2D eigenvalue weighted by Gasteiger charge is -1.84. The van der Waals surface area contributed by atoms with Gasteiger partial charge in [0.05, 0.1) is 12.5 Å². The SMILES string of the molecule is CCCc1coc(C=N)c1. The molecule has 2 heteroatoms. The molecule has 0 fully saturated rings. The topological polar surface area (TPSA) is 37.0 Å². The summed E-state index contributed by atoms with van der Waals surface area (Å²) in [5.74, 6) is 0.642. The molecule has 1 aromatic rings. The minimum atomic E-state index is 0.642. The van der Waals surface area contributed by atoms with E-state index in [0.29, 0.717) is 5.76 Å². The van der Waals surface area contributed by atoms with E-state index in [0.717, 1.165) is 12.8 Å². The van der Waals surface area contributed by atoms with E-state index in [4.69, 9.17) is 9.83 Å². The predicted octanol–water partition coefficient (Wildman–Crippen LogP) is 2.23. The van der Waals surface area contributed by atoms with Crippen molar-refractivity contribution >= 4 is 6.21 Å². The van der Waals surface area contributed by atoms with Gasteiger partial charge in [0.1, 0.15) is 5.76 Å². The lowest BCUT2D eigenvalue weighted by molar-refractivity contribution is 0.556. The Hall–Kier alpha value is -1.05. The number of rotatable bonds is 3. The molecule has 0 aliphatic rings. The normalized spacial score (nSPS) is 9.70. The van der Waals surface area contributed by atoms with Crippen LogP contribution in [0.25, 0.3) is 0 Å². The van der Waals surface area contributed by atoms with Crippen LogP contribution in [-0.2, 0) is 6.42 Å². The van der Waals surface area contributed by atoms with Gasteiger partial charge in [-0.1, -0.05) is 13.3 Å². The fourth-order valence-corrected chi connectivity index (χ4v) is 0.890. The summed E-state index contributed by atoms with van der Waals surface area (Å²) in [6, 6.07) is 1.90. The highest BCUT2D eigenvalue weighted by Crippen LogP contribution is 2.07. The third-order valence-corrected chi connectivity index (χ3v) is 1.35. The van der Waals surface area contributed by atoms with Crippen LogP contribution in [0.15, 0.2) is 16.7 Å². The molecule has 0 aromatic carbocycles. The smallest absolute Gasteiger partial charge is 0.144 e. The molecule has 0 unspecified atom stereocenters. The monoisotopic (exact) mass is 137 g/mol. The second kappa shape index (κ2) is 3.20. The molecule has 0 bridgehead atoms. The maximum Gasteiger partial charge on any atom is 0.144 e. The van der Waals surface area contributed by atoms with Crippen molar-refractivity contribution in [3.8, 4) is 0 Å². The van der Waals surface area contributed by atoms with Crippen LogP contribution in [0, 0.1) is 5.41 Å². The largest absolute Gasteiger partial charge is 0.463 e. The quantitative estimate of drug-likeness (QED) is 0.637. The molecule has 0 saturated heterocycles. The molecular formula is C8H11NO. The summed E-state index contributed by atoms with van der Waals surface area (Å²) >= 11 is 0. The summed E-state index contributed by atoms with van der Waals surface area (Å²) < 4.78 is 5.02. The molecule has 0 saturated carbocycles. The van der Waals surface area contributed by atoms with Crippen molar-refractivity contribution in [3.63, 3.8) is 0 Å². The van der Waals surface area contributed by atoms with Gasteiger partial charge in [-0.3, -0.25) is 0 Å². The Morgan fingerprint density at radius 3 is 3.00 bits per heavy atom. The van der Waals surface area contributed by atoms with Crippen molar-refractivity contribution in [1.29, 1.82) is 5.41 Å². The van der Waals surface area contributed by atoms with Gasteiger partial charge in [-0.15, -0.1) is 0 Å². The van der Waals surface area contributed by atoms with E-state index in [1.165, 1.54) is 11.8 Å². The Labute approximate surface area is 60.4 Å². The van der Waals surface area contributed by atoms with E-state index >= 15 is 0 Å². The Morgan fingerprint density at radius 1 is 1.70 bits per heavy atom. The average molecular weight is 137 g/mol. The van der Waals surface area contributed by atoms with Crippen molar-refractivity contribution < 1.29 is 4.42 Å². The molecule has 2 nitrogen and oxygen atoms in total. The van der Waals surface area contributed by atoms with E-state index in [1.54, 1.807) is 6.26 Å². The van der Waals surface area contributed by atoms with E-state index in [-0.39, 0.29) is 0 Å². The Balaban J connectivity index is 2.68. The highest BCUT2D eigenvalue weighted by atomic mass is 16.3. The van der Waals surface area contributed by atoms with Crippen molar-refractivity contribution in [2.75, 3.05) is 0 Å². The van der Waals surface area contributed by atoms with E-state index in [9.17, 15) is 0 Å². The maximum atomic E-state index is 6.87. The molecular weight excluding hydrogens is 126 g/mol. The van der Waals surface area contributed by atoms with Gasteiger partial charge >= 0.3 is 0 Å². The zero-order chi connectivity index (χ0) is 7.40. The highest BCUT2D eigenvalue weighted by molar-refractivity contribution is 5.72. The summed E-state index contributed by atoms with van der Waals surface area (Å²) in [6.07, 6.45) is 5.09. The summed E-state index contributed by atoms with van der Waals surface area (Å²) in [6.45, 7) is 2.12. The number of furan rings is 1. The zero-order valence-corrected chi connectivity index (χ0v) is 6.05. The molecule has 0 radical (unpaired) electrons. The molecule has 0 atom stereocenters. The van der Waals surface area contributed by atoms with Crippen LogP contribution < -0.4 is 0 Å². The van der Waals surface area contributed by atoms with Crippen LogP contribution in [0.5, 0.6) is 0 Å². The van der Waals surface area contributed by atoms with Crippen molar-refractivity contribution in [3.05, 3.63) is 23.7 Å². The van der Waals surface area contributed by atoms with Crippen molar-refractivity contribution in [2.45, 2.75) is 19.8 Å². The maximum absolute atomic E-state index is 6.87. The van der Waals surface area contributed by atoms with Gasteiger partial charge < -0.3 is 9.83 Å². The van der Waals surface area contributed by atoms with Crippen LogP contribution in [0.4, 0.5) is 0 Å². The fourth-order valence-electron chi connectivity index (χ4n) is 0.890. The van der Waals surface area contributed by atoms with Gasteiger partial charge in [-0.2, -0.15) is 0 Å². The lowest BCUT2D eigenvalue weighted by Crippen LogP contribution is -1.76. The Morgan fingerprint density at radius 2 is 2.50 bits per heavy atom. The second-order valence-corrected chi connectivity index (χ2v) is 2.25. The lowest BCUT2D eigenvalue weighted by atomic mass is 10.2. The predicted molar refractivity (Wildman–Crippen MR) is 40.6 cm³/mol. The third-order valence-electron chi connectivity index (χ3n) is 1.35. The van der Waals surface area contributed by atoms with Gasteiger partial charge in [-0.25, -0.2) is 0 Å². The van der Waals surface area contributed by atoms with Crippen molar-refractivity contribution in [1.82, 2.24) is 0 Å². The molecule has 1 rings (SSSR count). The molecule has 54 valence electrons. The van der Waals surface area contributed by atoms with Crippen LogP contribution in [0.1, 0.15) is 24.7 Å². The molecule has 0 spiro atoms. The molecule has 0 aliphatic carbocycles. The van der Waals surface area contributed by atoms with Gasteiger partial charge in [0.2, 0.25) is 0 Å². The van der Waals surface area contributed by atoms with Crippen LogP contribution in [-0.4, -0.2) is 6.21 Å². The van der Waals surface area contributed by atoms with Crippen LogP contribution >= 0.6 is 0 Å². The molecule has 0 aliphatic heterocycles. The average Bonchev–Trinajstić information content (AvgIpc) is 2.37. The fraction of sp³-hybridized carbons (Fsp3) is 0.375. The van der Waals surface area contributed by atoms with Gasteiger partial charge in [0, 0.05) is 0 Å². The zero-order valence-electron chi connectivity index (χ0n) is 6.05. The third kappa shape index (κ3) is 1.47. The van der Waals surface area contributed by atoms with Crippen molar-refractivity contribution in [2.24, 2.45) is 0 Å². The molecule has 1 N–H and O–H groups in total. The summed E-state index contributed by atoms with van der Waals surface area (Å²) in [5.41, 5.74) is 1.18. The van der Waals surface area contributed by atoms with Gasteiger partial charge in [-0.05, 0) is 18.1 Å². The molecule has 10 heavy (non-hydrogen) atoms. The Bertz CT molecular complexity index is 215. The number of aryl methyl sites for hydroxylation is 1. The molecule has 1 aromatic heterocycles. The number of nitrogens with one attached hydrogen (secondary N) is 1. The first-order valence-corrected chi connectivity index (χ1v) is 3.44.